The average molecular weight is 278 g/mol. The molecule has 3 unspecified atom stereocenters. The number of hydrogen-bond acceptors (Lipinski definition) is 3. The maximum absolute atomic E-state index is 5.06. The first-order valence-corrected chi connectivity index (χ1v) is 8.82. The van der Waals surface area contributed by atoms with Crippen LogP contribution in [0, 0.1) is 5.92 Å². The minimum atomic E-state index is 0.535. The molecular formula is C16H26N2S. The van der Waals surface area contributed by atoms with Gasteiger partial charge in [-0.2, -0.15) is 0 Å². The van der Waals surface area contributed by atoms with E-state index < -0.39 is 0 Å². The zero-order valence-electron chi connectivity index (χ0n) is 12.2. The molecule has 2 aliphatic carbocycles. The first-order valence-electron chi connectivity index (χ1n) is 8.00. The van der Waals surface area contributed by atoms with Crippen LogP contribution in [0.5, 0.6) is 0 Å². The van der Waals surface area contributed by atoms with Crippen molar-refractivity contribution in [2.45, 2.75) is 70.8 Å². The molecule has 19 heavy (non-hydrogen) atoms. The number of aryl methyl sites for hydroxylation is 1. The summed E-state index contributed by atoms with van der Waals surface area (Å²) in [5, 5.41) is 5.13. The predicted molar refractivity (Wildman–Crippen MR) is 81.8 cm³/mol. The Kier molecular flexibility index (Phi) is 4.23. The second-order valence-corrected chi connectivity index (χ2v) is 7.49. The Morgan fingerprint density at radius 3 is 2.95 bits per heavy atom. The van der Waals surface area contributed by atoms with E-state index in [-0.39, 0.29) is 0 Å². The second-order valence-electron chi connectivity index (χ2n) is 6.37. The molecule has 2 nitrogen and oxygen atoms in total. The molecule has 1 aromatic heterocycles. The third-order valence-corrected chi connectivity index (χ3v) is 5.95. The van der Waals surface area contributed by atoms with Crippen molar-refractivity contribution in [2.75, 3.05) is 6.54 Å². The van der Waals surface area contributed by atoms with Crippen molar-refractivity contribution in [1.82, 2.24) is 10.3 Å². The van der Waals surface area contributed by atoms with E-state index in [9.17, 15) is 0 Å². The first-order chi connectivity index (χ1) is 9.28. The SMILES string of the molecule is CCCNC1CCCc2sc(C3CCC(C)C3)nc21. The van der Waals surface area contributed by atoms with Crippen LogP contribution in [0.1, 0.15) is 79.9 Å². The fraction of sp³-hybridized carbons (Fsp3) is 0.812. The van der Waals surface area contributed by atoms with Crippen molar-refractivity contribution in [1.29, 1.82) is 0 Å². The van der Waals surface area contributed by atoms with Crippen LogP contribution in [0.2, 0.25) is 0 Å². The molecule has 0 amide bonds. The lowest BCUT2D eigenvalue weighted by Crippen LogP contribution is -2.25. The summed E-state index contributed by atoms with van der Waals surface area (Å²) in [5.74, 6) is 1.66. The highest BCUT2D eigenvalue weighted by molar-refractivity contribution is 7.11. The van der Waals surface area contributed by atoms with Gasteiger partial charge in [0, 0.05) is 10.8 Å². The molecule has 0 bridgehead atoms. The largest absolute Gasteiger partial charge is 0.309 e. The summed E-state index contributed by atoms with van der Waals surface area (Å²) in [5.41, 5.74) is 1.40. The molecule has 0 aliphatic heterocycles. The fourth-order valence-electron chi connectivity index (χ4n) is 3.56. The van der Waals surface area contributed by atoms with E-state index >= 15 is 0 Å². The molecule has 1 aromatic rings. The Balaban J connectivity index is 1.77. The molecule has 1 N–H and O–H groups in total. The van der Waals surface area contributed by atoms with Gasteiger partial charge in [0.25, 0.3) is 0 Å². The summed E-state index contributed by atoms with van der Waals surface area (Å²) < 4.78 is 0. The number of rotatable bonds is 4. The fourth-order valence-corrected chi connectivity index (χ4v) is 4.88. The standard InChI is InChI=1S/C16H26N2S/c1-3-9-17-13-5-4-6-14-15(13)18-16(19-14)12-8-7-11(2)10-12/h11-13,17H,3-10H2,1-2H3. The van der Waals surface area contributed by atoms with Crippen LogP contribution in [-0.4, -0.2) is 11.5 Å². The maximum atomic E-state index is 5.06. The lowest BCUT2D eigenvalue weighted by Gasteiger charge is -2.22. The van der Waals surface area contributed by atoms with Crippen LogP contribution in [0.4, 0.5) is 0 Å². The zero-order chi connectivity index (χ0) is 13.2. The van der Waals surface area contributed by atoms with Crippen molar-refractivity contribution in [2.24, 2.45) is 5.92 Å². The normalized spacial score (nSPS) is 30.5. The summed E-state index contributed by atoms with van der Waals surface area (Å²) in [4.78, 5) is 6.64. The van der Waals surface area contributed by atoms with Gasteiger partial charge in [-0.25, -0.2) is 4.98 Å². The van der Waals surface area contributed by atoms with Gasteiger partial charge in [0.2, 0.25) is 0 Å². The Morgan fingerprint density at radius 1 is 1.32 bits per heavy atom. The molecule has 0 radical (unpaired) electrons. The molecule has 3 atom stereocenters. The van der Waals surface area contributed by atoms with Gasteiger partial charge in [-0.3, -0.25) is 0 Å². The number of nitrogens with one attached hydrogen (secondary N) is 1. The van der Waals surface area contributed by atoms with Crippen LogP contribution in [0.15, 0.2) is 0 Å². The quantitative estimate of drug-likeness (QED) is 0.881. The van der Waals surface area contributed by atoms with E-state index in [0.29, 0.717) is 6.04 Å². The number of hydrogen-bond donors (Lipinski definition) is 1. The molecule has 106 valence electrons. The van der Waals surface area contributed by atoms with Crippen molar-refractivity contribution in [3.8, 4) is 0 Å². The van der Waals surface area contributed by atoms with Crippen molar-refractivity contribution in [3.63, 3.8) is 0 Å². The highest BCUT2D eigenvalue weighted by atomic mass is 32.1. The molecule has 1 saturated carbocycles. The van der Waals surface area contributed by atoms with Crippen molar-refractivity contribution < 1.29 is 0 Å². The first kappa shape index (κ1) is 13.6. The summed E-state index contributed by atoms with van der Waals surface area (Å²) in [6.45, 7) is 5.75. The van der Waals surface area contributed by atoms with Crippen molar-refractivity contribution in [3.05, 3.63) is 15.6 Å². The predicted octanol–water partition coefficient (Wildman–Crippen LogP) is 4.42. The summed E-state index contributed by atoms with van der Waals surface area (Å²) in [6, 6.07) is 0.535. The molecule has 1 heterocycles. The van der Waals surface area contributed by atoms with Gasteiger partial charge >= 0.3 is 0 Å². The number of nitrogens with zero attached hydrogens (tertiary/aromatic N) is 1. The van der Waals surface area contributed by atoms with E-state index in [1.165, 1.54) is 55.6 Å². The highest BCUT2D eigenvalue weighted by Gasteiger charge is 2.29. The molecule has 1 fully saturated rings. The third kappa shape index (κ3) is 2.87. The molecule has 0 saturated heterocycles. The van der Waals surface area contributed by atoms with Gasteiger partial charge in [0.15, 0.2) is 0 Å². The smallest absolute Gasteiger partial charge is 0.0962 e. The van der Waals surface area contributed by atoms with Gasteiger partial charge in [-0.05, 0) is 51.0 Å². The average Bonchev–Trinajstić information content (AvgIpc) is 3.02. The van der Waals surface area contributed by atoms with E-state index in [2.05, 4.69) is 19.2 Å². The summed E-state index contributed by atoms with van der Waals surface area (Å²) in [7, 11) is 0. The summed E-state index contributed by atoms with van der Waals surface area (Å²) >= 11 is 2.02. The Bertz CT molecular complexity index is 426. The summed E-state index contributed by atoms with van der Waals surface area (Å²) in [6.07, 6.45) is 9.20. The van der Waals surface area contributed by atoms with Crippen molar-refractivity contribution >= 4 is 11.3 Å². The molecule has 0 spiro atoms. The third-order valence-electron chi connectivity index (χ3n) is 4.66. The number of thiazole rings is 1. The van der Waals surface area contributed by atoms with E-state index in [0.717, 1.165) is 18.4 Å². The molecule has 3 rings (SSSR count). The topological polar surface area (TPSA) is 24.9 Å². The monoisotopic (exact) mass is 278 g/mol. The van der Waals surface area contributed by atoms with Crippen LogP contribution < -0.4 is 5.32 Å². The number of fused-ring (bicyclic) bond motifs is 1. The zero-order valence-corrected chi connectivity index (χ0v) is 13.1. The van der Waals surface area contributed by atoms with Crippen LogP contribution in [0.3, 0.4) is 0 Å². The van der Waals surface area contributed by atoms with E-state index in [1.54, 1.807) is 4.88 Å². The number of aromatic nitrogens is 1. The van der Waals surface area contributed by atoms with Gasteiger partial charge in [-0.1, -0.05) is 20.3 Å². The van der Waals surface area contributed by atoms with Crippen LogP contribution >= 0.6 is 11.3 Å². The molecule has 2 aliphatic rings. The maximum Gasteiger partial charge on any atom is 0.0962 e. The van der Waals surface area contributed by atoms with Gasteiger partial charge in [0.1, 0.15) is 0 Å². The molecule has 0 aromatic carbocycles. The van der Waals surface area contributed by atoms with E-state index in [4.69, 9.17) is 4.98 Å². The van der Waals surface area contributed by atoms with Crippen LogP contribution in [-0.2, 0) is 6.42 Å². The minimum Gasteiger partial charge on any atom is -0.309 e. The van der Waals surface area contributed by atoms with Crippen LogP contribution in [0.25, 0.3) is 0 Å². The second kappa shape index (κ2) is 5.92. The van der Waals surface area contributed by atoms with Gasteiger partial charge in [-0.15, -0.1) is 11.3 Å². The Hall–Kier alpha value is -0.410. The Morgan fingerprint density at radius 2 is 2.21 bits per heavy atom. The molecular weight excluding hydrogens is 252 g/mol. The minimum absolute atomic E-state index is 0.535. The van der Waals surface area contributed by atoms with Gasteiger partial charge < -0.3 is 5.32 Å². The van der Waals surface area contributed by atoms with E-state index in [1.807, 2.05) is 11.3 Å². The lowest BCUT2D eigenvalue weighted by atomic mass is 9.97. The highest BCUT2D eigenvalue weighted by Crippen LogP contribution is 2.42. The molecule has 3 heteroatoms. The van der Waals surface area contributed by atoms with Gasteiger partial charge in [0.05, 0.1) is 16.7 Å². The Labute approximate surface area is 121 Å². The lowest BCUT2D eigenvalue weighted by molar-refractivity contribution is 0.453.